The predicted molar refractivity (Wildman–Crippen MR) is 131 cm³/mol. The lowest BCUT2D eigenvalue weighted by atomic mass is 10.0. The van der Waals surface area contributed by atoms with Crippen molar-refractivity contribution >= 4 is 15.9 Å². The fraction of sp³-hybridized carbons (Fsp3) is 0.500. The van der Waals surface area contributed by atoms with E-state index in [2.05, 4.69) is 5.32 Å². The van der Waals surface area contributed by atoms with Crippen LogP contribution in [0.2, 0.25) is 0 Å². The third kappa shape index (κ3) is 7.12. The van der Waals surface area contributed by atoms with Crippen LogP contribution in [0.15, 0.2) is 47.4 Å². The van der Waals surface area contributed by atoms with E-state index < -0.39 is 39.4 Å². The molecule has 4 rings (SSSR count). The highest BCUT2D eigenvalue weighted by molar-refractivity contribution is 7.89. The number of likely N-dealkylation sites (tertiary alicyclic amines) is 1. The Labute approximate surface area is 223 Å². The van der Waals surface area contributed by atoms with Crippen molar-refractivity contribution in [3.8, 4) is 0 Å². The molecular formula is C26H29F6N3O3S. The number of rotatable bonds is 8. The van der Waals surface area contributed by atoms with Crippen LogP contribution in [0.25, 0.3) is 0 Å². The topological polar surface area (TPSA) is 69.7 Å². The first kappa shape index (κ1) is 29.3. The molecule has 2 aromatic rings. The van der Waals surface area contributed by atoms with Gasteiger partial charge in [0.1, 0.15) is 0 Å². The third-order valence-electron chi connectivity index (χ3n) is 6.94. The number of alkyl halides is 6. The number of hydrogen-bond acceptors (Lipinski definition) is 4. The van der Waals surface area contributed by atoms with Crippen molar-refractivity contribution in [3.63, 3.8) is 0 Å². The van der Waals surface area contributed by atoms with Gasteiger partial charge in [0.15, 0.2) is 0 Å². The van der Waals surface area contributed by atoms with E-state index >= 15 is 0 Å². The molecule has 13 heteroatoms. The molecule has 1 aliphatic carbocycles. The van der Waals surface area contributed by atoms with Crippen LogP contribution in [0.1, 0.15) is 52.7 Å². The molecule has 1 amide bonds. The minimum Gasteiger partial charge on any atom is -0.351 e. The molecular weight excluding hydrogens is 548 g/mol. The monoisotopic (exact) mass is 577 g/mol. The molecule has 2 aromatic carbocycles. The summed E-state index contributed by atoms with van der Waals surface area (Å²) in [7, 11) is -4.14. The van der Waals surface area contributed by atoms with Crippen molar-refractivity contribution in [1.82, 2.24) is 14.5 Å². The quantitative estimate of drug-likeness (QED) is 0.445. The first-order chi connectivity index (χ1) is 18.2. The Hall–Kier alpha value is -2.64. The van der Waals surface area contributed by atoms with Gasteiger partial charge in [-0.3, -0.25) is 4.79 Å². The second-order valence-corrected chi connectivity index (χ2v) is 11.8. The van der Waals surface area contributed by atoms with E-state index in [0.717, 1.165) is 24.3 Å². The Kier molecular flexibility index (Phi) is 8.34. The predicted octanol–water partition coefficient (Wildman–Crippen LogP) is 5.08. The molecule has 2 aliphatic rings. The molecule has 6 nitrogen and oxygen atoms in total. The van der Waals surface area contributed by atoms with Crippen LogP contribution < -0.4 is 5.32 Å². The number of sulfonamides is 1. The van der Waals surface area contributed by atoms with Crippen LogP contribution in [0.3, 0.4) is 0 Å². The van der Waals surface area contributed by atoms with Gasteiger partial charge >= 0.3 is 12.4 Å². The summed E-state index contributed by atoms with van der Waals surface area (Å²) < 4.78 is 107. The van der Waals surface area contributed by atoms with Gasteiger partial charge in [-0.05, 0) is 87.7 Å². The number of hydrogen-bond donors (Lipinski definition) is 1. The maximum atomic E-state index is 13.4. The van der Waals surface area contributed by atoms with E-state index in [1.165, 1.54) is 23.4 Å². The van der Waals surface area contributed by atoms with Gasteiger partial charge < -0.3 is 10.2 Å². The molecule has 0 radical (unpaired) electrons. The summed E-state index contributed by atoms with van der Waals surface area (Å²) >= 11 is 0. The highest BCUT2D eigenvalue weighted by Gasteiger charge is 2.44. The van der Waals surface area contributed by atoms with Crippen LogP contribution >= 0.6 is 0 Å². The molecule has 0 bridgehead atoms. The molecule has 2 fully saturated rings. The molecule has 214 valence electrons. The fourth-order valence-electron chi connectivity index (χ4n) is 4.88. The van der Waals surface area contributed by atoms with Crippen LogP contribution in [0.5, 0.6) is 0 Å². The minimum atomic E-state index is -4.66. The largest absolute Gasteiger partial charge is 0.416 e. The first-order valence-corrected chi connectivity index (χ1v) is 14.0. The van der Waals surface area contributed by atoms with Gasteiger partial charge in [0.05, 0.1) is 16.0 Å². The number of piperidine rings is 1. The third-order valence-corrected chi connectivity index (χ3v) is 8.94. The summed E-state index contributed by atoms with van der Waals surface area (Å²) in [6.45, 7) is 3.09. The van der Waals surface area contributed by atoms with Crippen LogP contribution in [0, 0.1) is 6.92 Å². The second-order valence-electron chi connectivity index (χ2n) is 10.0. The van der Waals surface area contributed by atoms with Crippen molar-refractivity contribution in [2.24, 2.45) is 0 Å². The molecule has 0 aromatic heterocycles. The van der Waals surface area contributed by atoms with Gasteiger partial charge in [-0.25, -0.2) is 8.42 Å². The Bertz CT molecular complexity index is 1300. The zero-order valence-corrected chi connectivity index (χ0v) is 22.0. The number of carbonyl (C=O) groups excluding carboxylic acids is 1. The summed E-state index contributed by atoms with van der Waals surface area (Å²) in [4.78, 5) is 14.1. The number of nitrogens with one attached hydrogen (secondary N) is 1. The molecule has 0 spiro atoms. The maximum absolute atomic E-state index is 13.4. The zero-order chi connectivity index (χ0) is 28.6. The summed E-state index contributed by atoms with van der Waals surface area (Å²) in [5.74, 6) is -0.619. The van der Waals surface area contributed by atoms with E-state index in [1.807, 2.05) is 4.90 Å². The molecule has 1 aliphatic heterocycles. The lowest BCUT2D eigenvalue weighted by molar-refractivity contribution is -0.138. The molecule has 1 N–H and O–H groups in total. The maximum Gasteiger partial charge on any atom is 0.416 e. The number of amides is 1. The summed E-state index contributed by atoms with van der Waals surface area (Å²) in [6.07, 6.45) is -6.98. The lowest BCUT2D eigenvalue weighted by Gasteiger charge is -2.38. The van der Waals surface area contributed by atoms with E-state index in [1.54, 1.807) is 0 Å². The zero-order valence-electron chi connectivity index (χ0n) is 21.1. The average Bonchev–Trinajstić information content (AvgIpc) is 3.68. The molecule has 0 unspecified atom stereocenters. The van der Waals surface area contributed by atoms with Crippen LogP contribution in [-0.2, 0) is 22.4 Å². The minimum absolute atomic E-state index is 0.0825. The number of carbonyl (C=O) groups is 1. The molecule has 1 heterocycles. The van der Waals surface area contributed by atoms with E-state index in [4.69, 9.17) is 0 Å². The van der Waals surface area contributed by atoms with Gasteiger partial charge in [0.2, 0.25) is 10.0 Å². The lowest BCUT2D eigenvalue weighted by Crippen LogP contribution is -2.49. The second kappa shape index (κ2) is 11.1. The Morgan fingerprint density at radius 3 is 2.13 bits per heavy atom. The van der Waals surface area contributed by atoms with Crippen LogP contribution in [0.4, 0.5) is 26.3 Å². The molecule has 0 atom stereocenters. The van der Waals surface area contributed by atoms with Crippen molar-refractivity contribution in [2.45, 2.75) is 61.9 Å². The van der Waals surface area contributed by atoms with Gasteiger partial charge in [-0.15, -0.1) is 0 Å². The van der Waals surface area contributed by atoms with E-state index in [9.17, 15) is 39.6 Å². The smallest absolute Gasteiger partial charge is 0.351 e. The van der Waals surface area contributed by atoms with Crippen molar-refractivity contribution in [2.75, 3.05) is 26.2 Å². The summed E-state index contributed by atoms with van der Waals surface area (Å²) in [6, 6.07) is 6.35. The van der Waals surface area contributed by atoms with Gasteiger partial charge in [0.25, 0.3) is 5.91 Å². The first-order valence-electron chi connectivity index (χ1n) is 12.6. The number of aryl methyl sites for hydroxylation is 1. The Balaban J connectivity index is 1.34. The normalized spacial score (nSPS) is 17.9. The molecule has 1 saturated carbocycles. The molecule has 39 heavy (non-hydrogen) atoms. The number of nitrogens with zero attached hydrogens (tertiary/aromatic N) is 2. The SMILES string of the molecule is Cc1cc(C(=O)NCCN2CCC(N(C3CC3)S(=O)(=O)c3cccc(C(F)(F)F)c3)CC2)cc(C(F)(F)F)c1. The van der Waals surface area contributed by atoms with Crippen molar-refractivity contribution in [3.05, 3.63) is 64.7 Å². The summed E-state index contributed by atoms with van der Waals surface area (Å²) in [5, 5.41) is 2.63. The highest BCUT2D eigenvalue weighted by atomic mass is 32.2. The molecule has 1 saturated heterocycles. The fourth-order valence-corrected chi connectivity index (χ4v) is 6.86. The van der Waals surface area contributed by atoms with Gasteiger partial charge in [-0.2, -0.15) is 30.6 Å². The Morgan fingerprint density at radius 1 is 0.923 bits per heavy atom. The Morgan fingerprint density at radius 2 is 1.54 bits per heavy atom. The van der Waals surface area contributed by atoms with Gasteiger partial charge in [0, 0.05) is 30.7 Å². The number of halogens is 6. The van der Waals surface area contributed by atoms with E-state index in [-0.39, 0.29) is 29.1 Å². The van der Waals surface area contributed by atoms with Gasteiger partial charge in [-0.1, -0.05) is 6.07 Å². The highest BCUT2D eigenvalue weighted by Crippen LogP contribution is 2.38. The van der Waals surface area contributed by atoms with E-state index in [0.29, 0.717) is 56.9 Å². The number of benzene rings is 2. The van der Waals surface area contributed by atoms with Crippen LogP contribution in [-0.4, -0.2) is 61.8 Å². The van der Waals surface area contributed by atoms with Crippen molar-refractivity contribution < 1.29 is 39.6 Å². The summed E-state index contributed by atoms with van der Waals surface area (Å²) in [5.41, 5.74) is -1.68. The van der Waals surface area contributed by atoms with Crippen molar-refractivity contribution in [1.29, 1.82) is 0 Å². The standard InChI is InChI=1S/C26H29F6N3O3S/c1-17-13-18(15-20(14-17)26(30,31)32)24(36)33-9-12-34-10-7-22(8-11-34)35(21-5-6-21)39(37,38)23-4-2-3-19(16-23)25(27,28)29/h2-4,13-16,21-22H,5-12H2,1H3,(H,33,36). The average molecular weight is 578 g/mol.